The van der Waals surface area contributed by atoms with E-state index < -0.39 is 5.54 Å². The average molecular weight is 338 g/mol. The Kier molecular flexibility index (Phi) is 4.81. The van der Waals surface area contributed by atoms with E-state index in [1.165, 1.54) is 0 Å². The van der Waals surface area contributed by atoms with E-state index in [1.54, 1.807) is 24.7 Å². The van der Waals surface area contributed by atoms with Crippen LogP contribution in [0.3, 0.4) is 0 Å². The predicted molar refractivity (Wildman–Crippen MR) is 96.7 cm³/mol. The first-order chi connectivity index (χ1) is 12.1. The van der Waals surface area contributed by atoms with Crippen molar-refractivity contribution in [2.45, 2.75) is 32.2 Å². The third-order valence-electron chi connectivity index (χ3n) is 4.57. The molecule has 0 radical (unpaired) electrons. The molecule has 0 saturated carbocycles. The summed E-state index contributed by atoms with van der Waals surface area (Å²) < 4.78 is 1.89. The summed E-state index contributed by atoms with van der Waals surface area (Å²) in [6.45, 7) is 3.96. The maximum atomic E-state index is 12.5. The molecule has 1 aromatic carbocycles. The minimum Gasteiger partial charge on any atom is -0.396 e. The number of imidazole rings is 1. The molecule has 0 bridgehead atoms. The summed E-state index contributed by atoms with van der Waals surface area (Å²) in [5.74, 6) is 0.520. The van der Waals surface area contributed by atoms with Crippen LogP contribution in [0.4, 0.5) is 0 Å². The Balaban J connectivity index is 1.81. The molecule has 0 aliphatic heterocycles. The number of nitrogens with zero attached hydrogens (tertiary/aromatic N) is 3. The Morgan fingerprint density at radius 3 is 2.72 bits per heavy atom. The zero-order valence-electron chi connectivity index (χ0n) is 14.4. The lowest BCUT2D eigenvalue weighted by molar-refractivity contribution is 0.0886. The third-order valence-corrected chi connectivity index (χ3v) is 4.57. The van der Waals surface area contributed by atoms with E-state index in [1.807, 2.05) is 42.7 Å². The summed E-state index contributed by atoms with van der Waals surface area (Å²) in [5.41, 5.74) is 1.93. The molecule has 1 atom stereocenters. The van der Waals surface area contributed by atoms with Gasteiger partial charge in [0.1, 0.15) is 12.1 Å². The molecule has 0 spiro atoms. The molecule has 1 amide bonds. The topological polar surface area (TPSA) is 80.0 Å². The molecule has 3 aromatic rings. The lowest BCUT2D eigenvalue weighted by atomic mass is 9.94. The van der Waals surface area contributed by atoms with E-state index in [-0.39, 0.29) is 12.5 Å². The standard InChI is InChI=1S/C19H22N4O2/c1-3-19(2,10-11-24)22-18(25)14-8-9-17(20-12-14)23-13-21-15-6-4-5-7-16(15)23/h4-9,12-13,24H,3,10-11H2,1-2H3,(H,22,25). The lowest BCUT2D eigenvalue weighted by Crippen LogP contribution is -2.46. The first kappa shape index (κ1) is 17.1. The monoisotopic (exact) mass is 338 g/mol. The molecule has 0 fully saturated rings. The number of amides is 1. The average Bonchev–Trinajstić information content (AvgIpc) is 3.06. The molecule has 0 aliphatic carbocycles. The minimum absolute atomic E-state index is 0.0372. The smallest absolute Gasteiger partial charge is 0.253 e. The highest BCUT2D eigenvalue weighted by Crippen LogP contribution is 2.18. The number of hydrogen-bond acceptors (Lipinski definition) is 4. The molecular weight excluding hydrogens is 316 g/mol. The van der Waals surface area contributed by atoms with Crippen molar-refractivity contribution in [3.63, 3.8) is 0 Å². The Morgan fingerprint density at radius 1 is 1.24 bits per heavy atom. The fraction of sp³-hybridized carbons (Fsp3) is 0.316. The van der Waals surface area contributed by atoms with Gasteiger partial charge in [-0.1, -0.05) is 19.1 Å². The van der Waals surface area contributed by atoms with Gasteiger partial charge in [0.05, 0.1) is 16.6 Å². The second-order valence-electron chi connectivity index (χ2n) is 6.35. The van der Waals surface area contributed by atoms with Crippen molar-refractivity contribution in [2.24, 2.45) is 0 Å². The van der Waals surface area contributed by atoms with Crippen LogP contribution >= 0.6 is 0 Å². The molecule has 2 N–H and O–H groups in total. The van der Waals surface area contributed by atoms with Gasteiger partial charge in [-0.15, -0.1) is 0 Å². The van der Waals surface area contributed by atoms with Gasteiger partial charge in [-0.25, -0.2) is 9.97 Å². The number of aromatic nitrogens is 3. The zero-order chi connectivity index (χ0) is 17.9. The first-order valence-corrected chi connectivity index (χ1v) is 8.38. The number of nitrogens with one attached hydrogen (secondary N) is 1. The van der Waals surface area contributed by atoms with Crippen LogP contribution in [-0.4, -0.2) is 37.7 Å². The molecule has 0 aliphatic rings. The normalized spacial score (nSPS) is 13.6. The van der Waals surface area contributed by atoms with Gasteiger partial charge < -0.3 is 10.4 Å². The number of carbonyl (C=O) groups is 1. The van der Waals surface area contributed by atoms with Gasteiger partial charge in [-0.05, 0) is 44.0 Å². The number of fused-ring (bicyclic) bond motifs is 1. The SMILES string of the molecule is CCC(C)(CCO)NC(=O)c1ccc(-n2cnc3ccccc32)nc1. The molecule has 6 heteroatoms. The molecule has 25 heavy (non-hydrogen) atoms. The van der Waals surface area contributed by atoms with Gasteiger partial charge in [0.2, 0.25) is 0 Å². The lowest BCUT2D eigenvalue weighted by Gasteiger charge is -2.29. The molecule has 130 valence electrons. The minimum atomic E-state index is -0.426. The Hall–Kier alpha value is -2.73. The zero-order valence-corrected chi connectivity index (χ0v) is 14.4. The number of carbonyl (C=O) groups excluding carboxylic acids is 1. The Labute approximate surface area is 146 Å². The molecule has 1 unspecified atom stereocenters. The summed E-state index contributed by atoms with van der Waals surface area (Å²) in [6.07, 6.45) is 4.55. The third kappa shape index (κ3) is 3.53. The van der Waals surface area contributed by atoms with Crippen molar-refractivity contribution in [2.75, 3.05) is 6.61 Å². The molecule has 0 saturated heterocycles. The number of pyridine rings is 1. The van der Waals surface area contributed by atoms with Crippen molar-refractivity contribution < 1.29 is 9.90 Å². The van der Waals surface area contributed by atoms with E-state index >= 15 is 0 Å². The van der Waals surface area contributed by atoms with E-state index in [9.17, 15) is 9.90 Å². The van der Waals surface area contributed by atoms with Crippen LogP contribution in [-0.2, 0) is 0 Å². The number of rotatable bonds is 6. The second-order valence-corrected chi connectivity index (χ2v) is 6.35. The van der Waals surface area contributed by atoms with Gasteiger partial charge in [0.15, 0.2) is 0 Å². The van der Waals surface area contributed by atoms with Gasteiger partial charge >= 0.3 is 0 Å². The largest absolute Gasteiger partial charge is 0.396 e. The molecule has 6 nitrogen and oxygen atoms in total. The number of aliphatic hydroxyl groups is 1. The van der Waals surface area contributed by atoms with Crippen LogP contribution in [0.25, 0.3) is 16.9 Å². The highest BCUT2D eigenvalue weighted by atomic mass is 16.3. The van der Waals surface area contributed by atoms with Gasteiger partial charge in [0, 0.05) is 18.3 Å². The van der Waals surface area contributed by atoms with Crippen molar-refractivity contribution in [3.8, 4) is 5.82 Å². The predicted octanol–water partition coefficient (Wildman–Crippen LogP) is 2.70. The summed E-state index contributed by atoms with van der Waals surface area (Å²) in [7, 11) is 0. The van der Waals surface area contributed by atoms with Crippen LogP contribution < -0.4 is 5.32 Å². The number of benzene rings is 1. The van der Waals surface area contributed by atoms with Crippen molar-refractivity contribution in [1.82, 2.24) is 19.9 Å². The van der Waals surface area contributed by atoms with Crippen molar-refractivity contribution >= 4 is 16.9 Å². The van der Waals surface area contributed by atoms with Crippen LogP contribution in [0.1, 0.15) is 37.0 Å². The quantitative estimate of drug-likeness (QED) is 0.724. The number of para-hydroxylation sites is 2. The van der Waals surface area contributed by atoms with Crippen molar-refractivity contribution in [1.29, 1.82) is 0 Å². The maximum absolute atomic E-state index is 12.5. The molecule has 2 aromatic heterocycles. The van der Waals surface area contributed by atoms with Crippen molar-refractivity contribution in [3.05, 3.63) is 54.5 Å². The Morgan fingerprint density at radius 2 is 2.04 bits per heavy atom. The van der Waals surface area contributed by atoms with E-state index in [2.05, 4.69) is 15.3 Å². The summed E-state index contributed by atoms with van der Waals surface area (Å²) in [4.78, 5) is 21.2. The maximum Gasteiger partial charge on any atom is 0.253 e. The first-order valence-electron chi connectivity index (χ1n) is 8.38. The fourth-order valence-electron chi connectivity index (χ4n) is 2.73. The van der Waals surface area contributed by atoms with Crippen LogP contribution in [0.15, 0.2) is 48.9 Å². The fourth-order valence-corrected chi connectivity index (χ4v) is 2.73. The summed E-state index contributed by atoms with van der Waals surface area (Å²) >= 11 is 0. The Bertz CT molecular complexity index is 873. The number of aliphatic hydroxyl groups excluding tert-OH is 1. The van der Waals surface area contributed by atoms with Crippen LogP contribution in [0.2, 0.25) is 0 Å². The van der Waals surface area contributed by atoms with Gasteiger partial charge in [-0.2, -0.15) is 0 Å². The molecule has 3 rings (SSSR count). The van der Waals surface area contributed by atoms with Gasteiger partial charge in [0.25, 0.3) is 5.91 Å². The molecule has 2 heterocycles. The molecular formula is C19H22N4O2. The van der Waals surface area contributed by atoms with E-state index in [0.29, 0.717) is 17.8 Å². The highest BCUT2D eigenvalue weighted by molar-refractivity contribution is 5.94. The summed E-state index contributed by atoms with van der Waals surface area (Å²) in [6, 6.07) is 11.4. The summed E-state index contributed by atoms with van der Waals surface area (Å²) in [5, 5.41) is 12.2. The van der Waals surface area contributed by atoms with Gasteiger partial charge in [-0.3, -0.25) is 9.36 Å². The van der Waals surface area contributed by atoms with Crippen LogP contribution in [0.5, 0.6) is 0 Å². The number of hydrogen-bond donors (Lipinski definition) is 2. The second kappa shape index (κ2) is 7.03. The van der Waals surface area contributed by atoms with Crippen LogP contribution in [0, 0.1) is 0 Å². The van der Waals surface area contributed by atoms with E-state index in [4.69, 9.17) is 0 Å². The van der Waals surface area contributed by atoms with E-state index in [0.717, 1.165) is 17.5 Å². The highest BCUT2D eigenvalue weighted by Gasteiger charge is 2.24.